The maximum Gasteiger partial charge on any atom is 0.160 e. The van der Waals surface area contributed by atoms with E-state index in [0.29, 0.717) is 5.82 Å². The largest absolute Gasteiger partial charge is 0.358 e. The van der Waals surface area contributed by atoms with E-state index in [-0.39, 0.29) is 0 Å². The number of anilines is 2. The van der Waals surface area contributed by atoms with E-state index in [1.54, 1.807) is 18.6 Å². The van der Waals surface area contributed by atoms with Crippen molar-refractivity contribution >= 4 is 11.6 Å². The lowest BCUT2D eigenvalue weighted by molar-refractivity contribution is 0.835. The molecule has 0 bridgehead atoms. The molecule has 2 aromatic rings. The molecule has 0 amide bonds. The number of hydrazine groups is 1. The fraction of sp³-hybridized carbons (Fsp3) is 0.250. The molecule has 3 N–H and O–H groups in total. The number of nitrogens with one attached hydrogen (secondary N) is 1. The van der Waals surface area contributed by atoms with Crippen molar-refractivity contribution in [2.45, 2.75) is 6.42 Å². The molecule has 2 rings (SSSR count). The Morgan fingerprint density at radius 1 is 1.33 bits per heavy atom. The highest BCUT2D eigenvalue weighted by molar-refractivity contribution is 5.42. The Kier molecular flexibility index (Phi) is 4.03. The third-order valence-electron chi connectivity index (χ3n) is 2.59. The summed E-state index contributed by atoms with van der Waals surface area (Å²) in [5.74, 6) is 6.63. The first kappa shape index (κ1) is 12.3. The first-order valence-corrected chi connectivity index (χ1v) is 5.69. The molecule has 0 aliphatic heterocycles. The van der Waals surface area contributed by atoms with E-state index in [9.17, 15) is 0 Å². The summed E-state index contributed by atoms with van der Waals surface area (Å²) in [6.07, 6.45) is 5.95. The molecule has 94 valence electrons. The van der Waals surface area contributed by atoms with Crippen LogP contribution in [0.2, 0.25) is 0 Å². The average molecular weight is 244 g/mol. The quantitative estimate of drug-likeness (QED) is 0.599. The molecule has 2 heterocycles. The van der Waals surface area contributed by atoms with Gasteiger partial charge in [-0.25, -0.2) is 10.8 Å². The normalized spacial score (nSPS) is 10.1. The number of pyridine rings is 1. The van der Waals surface area contributed by atoms with Crippen LogP contribution in [0.15, 0.2) is 36.8 Å². The highest BCUT2D eigenvalue weighted by Crippen LogP contribution is 2.10. The Hall–Kier alpha value is -2.21. The molecule has 0 unspecified atom stereocenters. The predicted octanol–water partition coefficient (Wildman–Crippen LogP) is 0.836. The predicted molar refractivity (Wildman–Crippen MR) is 71.1 cm³/mol. The Morgan fingerprint density at radius 3 is 2.94 bits per heavy atom. The number of likely N-dealkylation sites (N-methyl/N-ethyl adjacent to an activating group) is 1. The maximum atomic E-state index is 5.30. The molecule has 0 aliphatic carbocycles. The van der Waals surface area contributed by atoms with Gasteiger partial charge in [0, 0.05) is 31.9 Å². The molecule has 6 heteroatoms. The molecule has 0 aromatic carbocycles. The molecule has 0 aliphatic rings. The van der Waals surface area contributed by atoms with Crippen LogP contribution in [0, 0.1) is 0 Å². The lowest BCUT2D eigenvalue weighted by Gasteiger charge is -2.17. The Labute approximate surface area is 106 Å². The Morgan fingerprint density at radius 2 is 2.22 bits per heavy atom. The third kappa shape index (κ3) is 3.14. The molecule has 6 nitrogen and oxygen atoms in total. The second-order valence-electron chi connectivity index (χ2n) is 3.90. The van der Waals surface area contributed by atoms with E-state index in [1.165, 1.54) is 0 Å². The van der Waals surface area contributed by atoms with Gasteiger partial charge in [0.1, 0.15) is 5.82 Å². The van der Waals surface area contributed by atoms with E-state index in [4.69, 9.17) is 5.84 Å². The van der Waals surface area contributed by atoms with E-state index in [0.717, 1.165) is 24.5 Å². The first-order chi connectivity index (χ1) is 8.79. The van der Waals surface area contributed by atoms with Gasteiger partial charge in [-0.1, -0.05) is 6.07 Å². The summed E-state index contributed by atoms with van der Waals surface area (Å²) in [6.45, 7) is 0.819. The van der Waals surface area contributed by atoms with Crippen molar-refractivity contribution in [1.82, 2.24) is 15.0 Å². The van der Waals surface area contributed by atoms with Crippen LogP contribution in [-0.4, -0.2) is 28.5 Å². The molecule has 0 saturated carbocycles. The van der Waals surface area contributed by atoms with Gasteiger partial charge in [0.2, 0.25) is 0 Å². The Bertz CT molecular complexity index is 487. The molecule has 18 heavy (non-hydrogen) atoms. The molecule has 0 radical (unpaired) electrons. The second-order valence-corrected chi connectivity index (χ2v) is 3.90. The third-order valence-corrected chi connectivity index (χ3v) is 2.59. The van der Waals surface area contributed by atoms with Gasteiger partial charge in [0.05, 0.1) is 12.4 Å². The highest BCUT2D eigenvalue weighted by Gasteiger charge is 2.04. The highest BCUT2D eigenvalue weighted by atomic mass is 15.3. The minimum absolute atomic E-state index is 0.553. The zero-order valence-electron chi connectivity index (χ0n) is 10.2. The summed E-state index contributed by atoms with van der Waals surface area (Å²) in [5.41, 5.74) is 3.54. The van der Waals surface area contributed by atoms with Gasteiger partial charge in [-0.05, 0) is 12.1 Å². The van der Waals surface area contributed by atoms with Gasteiger partial charge in [-0.15, -0.1) is 0 Å². The van der Waals surface area contributed by atoms with Crippen molar-refractivity contribution < 1.29 is 0 Å². The zero-order valence-corrected chi connectivity index (χ0v) is 10.2. The van der Waals surface area contributed by atoms with Gasteiger partial charge in [-0.2, -0.15) is 0 Å². The van der Waals surface area contributed by atoms with Gasteiger partial charge in [0.25, 0.3) is 0 Å². The number of hydrogen-bond acceptors (Lipinski definition) is 6. The van der Waals surface area contributed by atoms with E-state index < -0.39 is 0 Å². The van der Waals surface area contributed by atoms with Crippen molar-refractivity contribution in [3.63, 3.8) is 0 Å². The fourth-order valence-corrected chi connectivity index (χ4v) is 1.55. The van der Waals surface area contributed by atoms with Crippen LogP contribution in [0.1, 0.15) is 5.69 Å². The van der Waals surface area contributed by atoms with Crippen LogP contribution in [0.25, 0.3) is 0 Å². The standard InChI is InChI=1S/C12H16N6/c1-18(7-5-10-4-2-3-6-15-10)12-9-14-8-11(16-12)17-13/h2-4,6,8-9H,5,7,13H2,1H3,(H,16,17). The van der Waals surface area contributed by atoms with Gasteiger partial charge in [0.15, 0.2) is 5.82 Å². The number of rotatable bonds is 5. The second kappa shape index (κ2) is 5.92. The number of aromatic nitrogens is 3. The van der Waals surface area contributed by atoms with Gasteiger partial charge in [-0.3, -0.25) is 9.97 Å². The monoisotopic (exact) mass is 244 g/mol. The first-order valence-electron chi connectivity index (χ1n) is 5.69. The summed E-state index contributed by atoms with van der Waals surface area (Å²) in [4.78, 5) is 14.7. The SMILES string of the molecule is CN(CCc1ccccn1)c1cncc(NN)n1. The van der Waals surface area contributed by atoms with Crippen molar-refractivity contribution in [2.75, 3.05) is 23.9 Å². The average Bonchev–Trinajstić information content (AvgIpc) is 2.46. The number of nitrogen functional groups attached to an aromatic ring is 1. The summed E-state index contributed by atoms with van der Waals surface area (Å²) < 4.78 is 0. The van der Waals surface area contributed by atoms with Crippen LogP contribution in [0.5, 0.6) is 0 Å². The topological polar surface area (TPSA) is 80.0 Å². The maximum absolute atomic E-state index is 5.30. The van der Waals surface area contributed by atoms with E-state index >= 15 is 0 Å². The minimum atomic E-state index is 0.553. The molecular weight excluding hydrogens is 228 g/mol. The van der Waals surface area contributed by atoms with Crippen LogP contribution in [0.3, 0.4) is 0 Å². The van der Waals surface area contributed by atoms with E-state index in [1.807, 2.05) is 30.1 Å². The molecule has 0 spiro atoms. The van der Waals surface area contributed by atoms with Crippen LogP contribution >= 0.6 is 0 Å². The van der Waals surface area contributed by atoms with Crippen LogP contribution < -0.4 is 16.2 Å². The van der Waals surface area contributed by atoms with Crippen molar-refractivity contribution in [2.24, 2.45) is 5.84 Å². The summed E-state index contributed by atoms with van der Waals surface area (Å²) in [7, 11) is 1.97. The molecule has 0 saturated heterocycles. The summed E-state index contributed by atoms with van der Waals surface area (Å²) >= 11 is 0. The fourth-order valence-electron chi connectivity index (χ4n) is 1.55. The summed E-state index contributed by atoms with van der Waals surface area (Å²) in [6, 6.07) is 5.91. The van der Waals surface area contributed by atoms with Gasteiger partial charge < -0.3 is 10.3 Å². The zero-order chi connectivity index (χ0) is 12.8. The molecule has 0 fully saturated rings. The van der Waals surface area contributed by atoms with Crippen molar-refractivity contribution in [1.29, 1.82) is 0 Å². The van der Waals surface area contributed by atoms with E-state index in [2.05, 4.69) is 20.4 Å². The summed E-state index contributed by atoms with van der Waals surface area (Å²) in [5, 5.41) is 0. The minimum Gasteiger partial charge on any atom is -0.358 e. The molecular formula is C12H16N6. The smallest absolute Gasteiger partial charge is 0.160 e. The number of nitrogens with zero attached hydrogens (tertiary/aromatic N) is 4. The number of nitrogens with two attached hydrogens (primary N) is 1. The lowest BCUT2D eigenvalue weighted by atomic mass is 10.2. The molecule has 2 aromatic heterocycles. The number of hydrogen-bond donors (Lipinski definition) is 2. The Balaban J connectivity index is 1.97. The van der Waals surface area contributed by atoms with Crippen molar-refractivity contribution in [3.8, 4) is 0 Å². The lowest BCUT2D eigenvalue weighted by Crippen LogP contribution is -2.22. The van der Waals surface area contributed by atoms with Gasteiger partial charge >= 0.3 is 0 Å². The van der Waals surface area contributed by atoms with Crippen LogP contribution in [0.4, 0.5) is 11.6 Å². The van der Waals surface area contributed by atoms with Crippen molar-refractivity contribution in [3.05, 3.63) is 42.5 Å². The van der Waals surface area contributed by atoms with Crippen LogP contribution in [-0.2, 0) is 6.42 Å². The molecule has 0 atom stereocenters.